The Balaban J connectivity index is 1.73. The van der Waals surface area contributed by atoms with E-state index in [2.05, 4.69) is 15.1 Å². The smallest absolute Gasteiger partial charge is 0.245 e. The van der Waals surface area contributed by atoms with E-state index in [4.69, 9.17) is 0 Å². The van der Waals surface area contributed by atoms with Crippen LogP contribution >= 0.6 is 23.1 Å². The molecular formula is C12H18N4OS2. The molecule has 0 aliphatic carbocycles. The monoisotopic (exact) mass is 298 g/mol. The lowest BCUT2D eigenvalue weighted by Gasteiger charge is -2.32. The second kappa shape index (κ2) is 5.66. The van der Waals surface area contributed by atoms with Crippen LogP contribution in [0.1, 0.15) is 17.8 Å². The second-order valence-electron chi connectivity index (χ2n) is 4.89. The first-order valence-electron chi connectivity index (χ1n) is 6.69. The maximum absolute atomic E-state index is 12.6. The molecule has 0 aromatic carbocycles. The van der Waals surface area contributed by atoms with Crippen LogP contribution < -0.4 is 4.90 Å². The lowest BCUT2D eigenvalue weighted by atomic mass is 10.2. The third kappa shape index (κ3) is 2.72. The van der Waals surface area contributed by atoms with Gasteiger partial charge in [-0.05, 0) is 19.8 Å². The standard InChI is InChI=1S/C12H18N4OS2/c1-9-13-14-12(19-9)16-4-2-3-10(16)11(17)15-5-7-18-8-6-15/h10H,2-8H2,1H3/t10-/m0/s1. The molecule has 2 aliphatic heterocycles. The number of carbonyl (C=O) groups excluding carboxylic acids is 1. The summed E-state index contributed by atoms with van der Waals surface area (Å²) in [4.78, 5) is 16.8. The number of hydrogen-bond donors (Lipinski definition) is 0. The molecule has 0 bridgehead atoms. The maximum Gasteiger partial charge on any atom is 0.245 e. The Bertz CT molecular complexity index is 458. The lowest BCUT2D eigenvalue weighted by Crippen LogP contribution is -2.48. The molecule has 0 spiro atoms. The molecule has 2 fully saturated rings. The first-order chi connectivity index (χ1) is 9.25. The van der Waals surface area contributed by atoms with Crippen LogP contribution in [-0.4, -0.2) is 58.2 Å². The third-order valence-corrected chi connectivity index (χ3v) is 5.44. The van der Waals surface area contributed by atoms with Crippen LogP contribution in [0.15, 0.2) is 0 Å². The average molecular weight is 298 g/mol. The van der Waals surface area contributed by atoms with Crippen LogP contribution in [0.3, 0.4) is 0 Å². The van der Waals surface area contributed by atoms with Gasteiger partial charge in [-0.15, -0.1) is 10.2 Å². The van der Waals surface area contributed by atoms with E-state index >= 15 is 0 Å². The SMILES string of the molecule is Cc1nnc(N2CCC[C@H]2C(=O)N2CCSCC2)s1. The molecule has 1 atom stereocenters. The largest absolute Gasteiger partial charge is 0.339 e. The number of anilines is 1. The van der Waals surface area contributed by atoms with Gasteiger partial charge in [-0.3, -0.25) is 4.79 Å². The number of rotatable bonds is 2. The van der Waals surface area contributed by atoms with Gasteiger partial charge >= 0.3 is 0 Å². The van der Waals surface area contributed by atoms with Gasteiger partial charge in [0.05, 0.1) is 0 Å². The summed E-state index contributed by atoms with van der Waals surface area (Å²) in [6.07, 6.45) is 2.01. The Hall–Kier alpha value is -0.820. The molecule has 0 radical (unpaired) electrons. The van der Waals surface area contributed by atoms with Crippen LogP contribution in [0.25, 0.3) is 0 Å². The zero-order valence-electron chi connectivity index (χ0n) is 11.0. The fourth-order valence-corrected chi connectivity index (χ4v) is 4.32. The van der Waals surface area contributed by atoms with E-state index in [1.807, 2.05) is 23.6 Å². The second-order valence-corrected chi connectivity index (χ2v) is 7.28. The minimum atomic E-state index is -0.0181. The number of nitrogens with zero attached hydrogens (tertiary/aromatic N) is 4. The molecule has 0 unspecified atom stereocenters. The summed E-state index contributed by atoms with van der Waals surface area (Å²) in [6.45, 7) is 4.66. The first-order valence-corrected chi connectivity index (χ1v) is 8.66. The van der Waals surface area contributed by atoms with E-state index < -0.39 is 0 Å². The lowest BCUT2D eigenvalue weighted by molar-refractivity contribution is -0.132. The predicted molar refractivity (Wildman–Crippen MR) is 78.9 cm³/mol. The van der Waals surface area contributed by atoms with Gasteiger partial charge in [0, 0.05) is 31.1 Å². The van der Waals surface area contributed by atoms with Crippen LogP contribution in [0.2, 0.25) is 0 Å². The Labute approximate surface area is 121 Å². The van der Waals surface area contributed by atoms with Crippen LogP contribution in [0.5, 0.6) is 0 Å². The summed E-state index contributed by atoms with van der Waals surface area (Å²) in [5, 5.41) is 10.1. The number of carbonyl (C=O) groups is 1. The normalized spacial score (nSPS) is 23.9. The molecule has 2 aliphatic rings. The Morgan fingerprint density at radius 1 is 1.26 bits per heavy atom. The molecule has 1 amide bonds. The van der Waals surface area contributed by atoms with Crippen molar-refractivity contribution in [3.8, 4) is 0 Å². The van der Waals surface area contributed by atoms with Crippen molar-refractivity contribution in [1.82, 2.24) is 15.1 Å². The average Bonchev–Trinajstić information content (AvgIpc) is 3.07. The highest BCUT2D eigenvalue weighted by atomic mass is 32.2. The fourth-order valence-electron chi connectivity index (χ4n) is 2.65. The van der Waals surface area contributed by atoms with Gasteiger partial charge < -0.3 is 9.80 Å². The summed E-state index contributed by atoms with van der Waals surface area (Å²) in [5.41, 5.74) is 0. The number of hydrogen-bond acceptors (Lipinski definition) is 6. The molecule has 0 N–H and O–H groups in total. The summed E-state index contributed by atoms with van der Waals surface area (Å²) in [7, 11) is 0. The molecular weight excluding hydrogens is 280 g/mol. The van der Waals surface area contributed by atoms with Crippen molar-refractivity contribution in [2.75, 3.05) is 36.0 Å². The Morgan fingerprint density at radius 3 is 2.74 bits per heavy atom. The fraction of sp³-hybridized carbons (Fsp3) is 0.750. The van der Waals surface area contributed by atoms with E-state index in [0.29, 0.717) is 0 Å². The van der Waals surface area contributed by atoms with Crippen molar-refractivity contribution >= 4 is 34.1 Å². The number of amides is 1. The third-order valence-electron chi connectivity index (χ3n) is 3.62. The first kappa shape index (κ1) is 13.2. The molecule has 104 valence electrons. The van der Waals surface area contributed by atoms with Crippen LogP contribution in [0.4, 0.5) is 5.13 Å². The van der Waals surface area contributed by atoms with E-state index in [1.54, 1.807) is 11.3 Å². The summed E-state index contributed by atoms with van der Waals surface area (Å²) in [5.74, 6) is 2.41. The molecule has 3 heterocycles. The van der Waals surface area contributed by atoms with Crippen molar-refractivity contribution in [2.24, 2.45) is 0 Å². The maximum atomic E-state index is 12.6. The van der Waals surface area contributed by atoms with Crippen molar-refractivity contribution in [1.29, 1.82) is 0 Å². The highest BCUT2D eigenvalue weighted by molar-refractivity contribution is 7.99. The molecule has 19 heavy (non-hydrogen) atoms. The van der Waals surface area contributed by atoms with Gasteiger partial charge in [0.15, 0.2) is 0 Å². The topological polar surface area (TPSA) is 49.3 Å². The van der Waals surface area contributed by atoms with Gasteiger partial charge in [0.2, 0.25) is 11.0 Å². The number of aromatic nitrogens is 2. The van der Waals surface area contributed by atoms with Gasteiger partial charge in [-0.2, -0.15) is 11.8 Å². The molecule has 5 nitrogen and oxygen atoms in total. The van der Waals surface area contributed by atoms with Gasteiger partial charge in [-0.1, -0.05) is 11.3 Å². The van der Waals surface area contributed by atoms with Crippen molar-refractivity contribution in [3.63, 3.8) is 0 Å². The minimum Gasteiger partial charge on any atom is -0.339 e. The highest BCUT2D eigenvalue weighted by Gasteiger charge is 2.35. The van der Waals surface area contributed by atoms with Gasteiger partial charge in [-0.25, -0.2) is 0 Å². The number of thioether (sulfide) groups is 1. The highest BCUT2D eigenvalue weighted by Crippen LogP contribution is 2.29. The van der Waals surface area contributed by atoms with Gasteiger partial charge in [0.25, 0.3) is 0 Å². The zero-order chi connectivity index (χ0) is 13.2. The van der Waals surface area contributed by atoms with Crippen molar-refractivity contribution in [2.45, 2.75) is 25.8 Å². The molecule has 1 aromatic rings. The van der Waals surface area contributed by atoms with Gasteiger partial charge in [0.1, 0.15) is 11.0 Å². The quantitative estimate of drug-likeness (QED) is 0.826. The summed E-state index contributed by atoms with van der Waals surface area (Å²) in [6, 6.07) is -0.0181. The van der Waals surface area contributed by atoms with E-state index in [-0.39, 0.29) is 11.9 Å². The molecule has 0 saturated carbocycles. The van der Waals surface area contributed by atoms with Crippen molar-refractivity contribution in [3.05, 3.63) is 5.01 Å². The van der Waals surface area contributed by atoms with Crippen LogP contribution in [0, 0.1) is 6.92 Å². The Morgan fingerprint density at radius 2 is 2.05 bits per heavy atom. The molecule has 3 rings (SSSR count). The van der Waals surface area contributed by atoms with E-state index in [1.165, 1.54) is 0 Å². The summed E-state index contributed by atoms with van der Waals surface area (Å²) < 4.78 is 0. The minimum absolute atomic E-state index is 0.0181. The predicted octanol–water partition coefficient (Wildman–Crippen LogP) is 1.39. The van der Waals surface area contributed by atoms with E-state index in [9.17, 15) is 4.79 Å². The molecule has 2 saturated heterocycles. The molecule has 1 aromatic heterocycles. The number of aryl methyl sites for hydroxylation is 1. The van der Waals surface area contributed by atoms with E-state index in [0.717, 1.165) is 54.1 Å². The van der Waals surface area contributed by atoms with Crippen molar-refractivity contribution < 1.29 is 4.79 Å². The summed E-state index contributed by atoms with van der Waals surface area (Å²) >= 11 is 3.51. The molecule has 7 heteroatoms. The van der Waals surface area contributed by atoms with Crippen LogP contribution in [-0.2, 0) is 4.79 Å². The zero-order valence-corrected chi connectivity index (χ0v) is 12.7. The Kier molecular flexibility index (Phi) is 3.93.